The van der Waals surface area contributed by atoms with Gasteiger partial charge in [-0.1, -0.05) is 6.58 Å². The number of aryl methyl sites for hydroxylation is 1. The molecule has 1 aliphatic rings. The van der Waals surface area contributed by atoms with Crippen LogP contribution in [-0.4, -0.2) is 48.2 Å². The Morgan fingerprint density at radius 3 is 2.88 bits per heavy atom. The molecule has 1 atom stereocenters. The molecule has 2 amide bonds. The van der Waals surface area contributed by atoms with Crippen molar-refractivity contribution in [2.45, 2.75) is 19.4 Å². The highest BCUT2D eigenvalue weighted by Crippen LogP contribution is 2.30. The summed E-state index contributed by atoms with van der Waals surface area (Å²) in [5, 5.41) is 0.874. The first-order valence-electron chi connectivity index (χ1n) is 8.28. The van der Waals surface area contributed by atoms with Gasteiger partial charge in [0.15, 0.2) is 0 Å². The predicted molar refractivity (Wildman–Crippen MR) is 99.2 cm³/mol. The molecule has 136 valence electrons. The molecule has 3 rings (SSSR count). The summed E-state index contributed by atoms with van der Waals surface area (Å²) in [6.45, 7) is 6.57. The van der Waals surface area contributed by atoms with Crippen LogP contribution in [0.2, 0.25) is 0 Å². The van der Waals surface area contributed by atoms with Gasteiger partial charge in [0, 0.05) is 31.1 Å². The smallest absolute Gasteiger partial charge is 0.404 e. The molecular formula is C18H21N5O3. The third kappa shape index (κ3) is 3.44. The molecule has 1 aromatic carbocycles. The number of nitrogens with zero attached hydrogens (tertiary/aromatic N) is 4. The number of aromatic nitrogens is 2. The number of ether oxygens (including phenoxy) is 1. The number of hydrogen-bond acceptors (Lipinski definition) is 6. The lowest BCUT2D eigenvalue weighted by molar-refractivity contribution is -0.113. The highest BCUT2D eigenvalue weighted by Gasteiger charge is 2.27. The van der Waals surface area contributed by atoms with Gasteiger partial charge in [-0.25, -0.2) is 14.8 Å². The van der Waals surface area contributed by atoms with Crippen molar-refractivity contribution in [1.82, 2.24) is 9.97 Å². The SMILES string of the molecule is C=CC(=O)N(C)c1ccc2c(N3CCC(OC(N)=O)C3)nc(C)nc2c1. The van der Waals surface area contributed by atoms with Crippen molar-refractivity contribution >= 4 is 34.4 Å². The second kappa shape index (κ2) is 6.99. The molecule has 1 aliphatic heterocycles. The molecule has 1 saturated heterocycles. The van der Waals surface area contributed by atoms with E-state index in [0.717, 1.165) is 22.4 Å². The third-order valence-corrected chi connectivity index (χ3v) is 4.39. The number of rotatable bonds is 4. The van der Waals surface area contributed by atoms with Gasteiger partial charge in [-0.3, -0.25) is 4.79 Å². The summed E-state index contributed by atoms with van der Waals surface area (Å²) in [6.07, 6.45) is 0.958. The number of nitrogens with two attached hydrogens (primary N) is 1. The van der Waals surface area contributed by atoms with Crippen LogP contribution in [0.3, 0.4) is 0 Å². The summed E-state index contributed by atoms with van der Waals surface area (Å²) < 4.78 is 5.09. The lowest BCUT2D eigenvalue weighted by Crippen LogP contribution is -2.27. The minimum absolute atomic E-state index is 0.193. The van der Waals surface area contributed by atoms with Gasteiger partial charge in [0.25, 0.3) is 0 Å². The van der Waals surface area contributed by atoms with Crippen molar-refractivity contribution < 1.29 is 14.3 Å². The average molecular weight is 355 g/mol. The van der Waals surface area contributed by atoms with Crippen LogP contribution in [0.25, 0.3) is 10.9 Å². The van der Waals surface area contributed by atoms with E-state index in [1.807, 2.05) is 25.1 Å². The van der Waals surface area contributed by atoms with Crippen molar-refractivity contribution in [1.29, 1.82) is 0 Å². The van der Waals surface area contributed by atoms with E-state index < -0.39 is 6.09 Å². The molecule has 2 heterocycles. The van der Waals surface area contributed by atoms with Crippen LogP contribution in [0.1, 0.15) is 12.2 Å². The topological polar surface area (TPSA) is 102 Å². The maximum absolute atomic E-state index is 11.8. The number of fused-ring (bicyclic) bond motifs is 1. The van der Waals surface area contributed by atoms with E-state index in [2.05, 4.69) is 21.4 Å². The summed E-state index contributed by atoms with van der Waals surface area (Å²) in [5.74, 6) is 1.22. The second-order valence-electron chi connectivity index (χ2n) is 6.19. The number of anilines is 2. The van der Waals surface area contributed by atoms with E-state index in [1.54, 1.807) is 7.05 Å². The van der Waals surface area contributed by atoms with Crippen molar-refractivity contribution in [2.24, 2.45) is 5.73 Å². The molecule has 26 heavy (non-hydrogen) atoms. The Morgan fingerprint density at radius 1 is 1.42 bits per heavy atom. The molecule has 0 bridgehead atoms. The third-order valence-electron chi connectivity index (χ3n) is 4.39. The van der Waals surface area contributed by atoms with Crippen LogP contribution < -0.4 is 15.5 Å². The maximum Gasteiger partial charge on any atom is 0.404 e. The zero-order chi connectivity index (χ0) is 18.8. The number of carbonyl (C=O) groups is 2. The van der Waals surface area contributed by atoms with Gasteiger partial charge < -0.3 is 20.3 Å². The van der Waals surface area contributed by atoms with Gasteiger partial charge >= 0.3 is 6.09 Å². The van der Waals surface area contributed by atoms with Gasteiger partial charge in [0.2, 0.25) is 5.91 Å². The molecule has 0 saturated carbocycles. The van der Waals surface area contributed by atoms with Crippen LogP contribution >= 0.6 is 0 Å². The molecule has 0 radical (unpaired) electrons. The molecule has 1 unspecified atom stereocenters. The molecule has 8 nitrogen and oxygen atoms in total. The van der Waals surface area contributed by atoms with Crippen LogP contribution in [0, 0.1) is 6.92 Å². The van der Waals surface area contributed by atoms with Gasteiger partial charge in [0.1, 0.15) is 17.7 Å². The second-order valence-corrected chi connectivity index (χ2v) is 6.19. The number of carbonyl (C=O) groups excluding carboxylic acids is 2. The molecule has 2 N–H and O–H groups in total. The Balaban J connectivity index is 1.96. The van der Waals surface area contributed by atoms with E-state index >= 15 is 0 Å². The highest BCUT2D eigenvalue weighted by molar-refractivity contribution is 6.02. The van der Waals surface area contributed by atoms with Crippen molar-refractivity contribution in [2.75, 3.05) is 29.9 Å². The largest absolute Gasteiger partial charge is 0.444 e. The van der Waals surface area contributed by atoms with E-state index in [9.17, 15) is 9.59 Å². The van der Waals surface area contributed by atoms with Crippen LogP contribution in [0.15, 0.2) is 30.9 Å². The normalized spacial score (nSPS) is 16.5. The molecule has 2 aromatic rings. The Morgan fingerprint density at radius 2 is 2.19 bits per heavy atom. The maximum atomic E-state index is 11.8. The number of hydrogen-bond donors (Lipinski definition) is 1. The molecule has 0 aliphatic carbocycles. The Hall–Kier alpha value is -3.16. The van der Waals surface area contributed by atoms with Gasteiger partial charge in [-0.05, 0) is 31.2 Å². The van der Waals surface area contributed by atoms with E-state index in [4.69, 9.17) is 10.5 Å². The molecule has 0 spiro atoms. The van der Waals surface area contributed by atoms with Crippen LogP contribution in [0.5, 0.6) is 0 Å². The fourth-order valence-corrected chi connectivity index (χ4v) is 3.11. The standard InChI is InChI=1S/C18H21N5O3/c1-4-16(24)22(3)12-5-6-14-15(9-12)20-11(2)21-17(14)23-8-7-13(10-23)26-18(19)25/h4-6,9,13H,1,7-8,10H2,2-3H3,(H2,19,25). The first-order chi connectivity index (χ1) is 12.4. The minimum atomic E-state index is -0.764. The quantitative estimate of drug-likeness (QED) is 0.839. The molecule has 1 aromatic heterocycles. The van der Waals surface area contributed by atoms with Crippen LogP contribution in [0.4, 0.5) is 16.3 Å². The van der Waals surface area contributed by atoms with Gasteiger partial charge in [-0.2, -0.15) is 0 Å². The highest BCUT2D eigenvalue weighted by atomic mass is 16.6. The Labute approximate surface area is 151 Å². The van der Waals surface area contributed by atoms with Crippen molar-refractivity contribution in [3.05, 3.63) is 36.7 Å². The summed E-state index contributed by atoms with van der Waals surface area (Å²) in [4.78, 5) is 35.4. The molecular weight excluding hydrogens is 334 g/mol. The van der Waals surface area contributed by atoms with Gasteiger partial charge in [-0.15, -0.1) is 0 Å². The van der Waals surface area contributed by atoms with Crippen molar-refractivity contribution in [3.8, 4) is 0 Å². The summed E-state index contributed by atoms with van der Waals surface area (Å²) in [6, 6.07) is 5.59. The Bertz CT molecular complexity index is 883. The number of benzene rings is 1. The van der Waals surface area contributed by atoms with Crippen molar-refractivity contribution in [3.63, 3.8) is 0 Å². The fourth-order valence-electron chi connectivity index (χ4n) is 3.11. The zero-order valence-corrected chi connectivity index (χ0v) is 14.8. The average Bonchev–Trinajstić information content (AvgIpc) is 3.06. The van der Waals surface area contributed by atoms with E-state index in [1.165, 1.54) is 11.0 Å². The fraction of sp³-hybridized carbons (Fsp3) is 0.333. The first-order valence-corrected chi connectivity index (χ1v) is 8.28. The predicted octanol–water partition coefficient (Wildman–Crippen LogP) is 1.76. The minimum Gasteiger partial charge on any atom is -0.444 e. The lowest BCUT2D eigenvalue weighted by atomic mass is 10.2. The summed E-state index contributed by atoms with van der Waals surface area (Å²) in [5.41, 5.74) is 6.58. The Kier molecular flexibility index (Phi) is 4.75. The van der Waals surface area contributed by atoms with Gasteiger partial charge in [0.05, 0.1) is 12.1 Å². The van der Waals surface area contributed by atoms with E-state index in [-0.39, 0.29) is 12.0 Å². The number of primary amides is 1. The zero-order valence-electron chi connectivity index (χ0n) is 14.8. The van der Waals surface area contributed by atoms with Crippen LogP contribution in [-0.2, 0) is 9.53 Å². The monoisotopic (exact) mass is 355 g/mol. The summed E-state index contributed by atoms with van der Waals surface area (Å²) >= 11 is 0. The number of amides is 2. The lowest BCUT2D eigenvalue weighted by Gasteiger charge is -2.21. The number of likely N-dealkylation sites (N-methyl/N-ethyl adjacent to an activating group) is 1. The molecule has 1 fully saturated rings. The molecule has 8 heteroatoms. The van der Waals surface area contributed by atoms with E-state index in [0.29, 0.717) is 25.3 Å². The first kappa shape index (κ1) is 17.7. The summed E-state index contributed by atoms with van der Waals surface area (Å²) in [7, 11) is 1.69.